The number of nitrogens with two attached hydrogens (primary N) is 1. The molecule has 0 saturated carbocycles. The molecule has 1 aliphatic rings. The molecule has 2 rings (SSSR count). The van der Waals surface area contributed by atoms with Gasteiger partial charge in [-0.15, -0.1) is 0 Å². The predicted octanol–water partition coefficient (Wildman–Crippen LogP) is 2.20. The molecule has 1 aromatic carbocycles. The minimum Gasteiger partial charge on any atom is -0.507 e. The first-order valence-electron chi connectivity index (χ1n) is 6.52. The standard InChI is InChI=1S/C14H19IN2O2/c1-9-2-3-10(7-16)8-17(9)14(19)11-4-5-12(15)13(18)6-11/h4-6,9-10,18H,2-3,7-8,16H2,1H3. The number of carbonyl (C=O) groups excluding carboxylic acids is 1. The van der Waals surface area contributed by atoms with E-state index in [-0.39, 0.29) is 17.7 Å². The van der Waals surface area contributed by atoms with Crippen LogP contribution in [0.25, 0.3) is 0 Å². The van der Waals surface area contributed by atoms with Gasteiger partial charge in [-0.05, 0) is 73.0 Å². The summed E-state index contributed by atoms with van der Waals surface area (Å²) in [5, 5.41) is 9.71. The highest BCUT2D eigenvalue weighted by atomic mass is 127. The van der Waals surface area contributed by atoms with E-state index in [1.54, 1.807) is 18.2 Å². The number of hydrogen-bond donors (Lipinski definition) is 2. The monoisotopic (exact) mass is 374 g/mol. The van der Waals surface area contributed by atoms with Crippen LogP contribution in [-0.4, -0.2) is 35.0 Å². The molecule has 1 amide bonds. The molecule has 3 N–H and O–H groups in total. The van der Waals surface area contributed by atoms with Crippen molar-refractivity contribution in [3.05, 3.63) is 27.3 Å². The van der Waals surface area contributed by atoms with E-state index in [1.807, 2.05) is 27.5 Å². The molecule has 2 atom stereocenters. The third-order valence-corrected chi connectivity index (χ3v) is 4.68. The molecule has 1 heterocycles. The first-order chi connectivity index (χ1) is 9.02. The van der Waals surface area contributed by atoms with Crippen molar-refractivity contribution >= 4 is 28.5 Å². The fourth-order valence-corrected chi connectivity index (χ4v) is 2.80. The van der Waals surface area contributed by atoms with Gasteiger partial charge in [0.1, 0.15) is 5.75 Å². The molecule has 1 fully saturated rings. The number of likely N-dealkylation sites (tertiary alicyclic amines) is 1. The fourth-order valence-electron chi connectivity index (χ4n) is 2.47. The van der Waals surface area contributed by atoms with Gasteiger partial charge in [0.2, 0.25) is 0 Å². The minimum atomic E-state index is -0.0163. The molecule has 0 radical (unpaired) electrons. The number of aromatic hydroxyl groups is 1. The second-order valence-electron chi connectivity index (χ2n) is 5.15. The molecular formula is C14H19IN2O2. The van der Waals surface area contributed by atoms with E-state index in [0.717, 1.165) is 16.4 Å². The minimum absolute atomic E-state index is 0.0163. The summed E-state index contributed by atoms with van der Waals surface area (Å²) >= 11 is 2.04. The quantitative estimate of drug-likeness (QED) is 0.780. The number of benzene rings is 1. The van der Waals surface area contributed by atoms with Crippen LogP contribution in [0.2, 0.25) is 0 Å². The number of rotatable bonds is 2. The normalized spacial score (nSPS) is 23.4. The van der Waals surface area contributed by atoms with Crippen LogP contribution >= 0.6 is 22.6 Å². The van der Waals surface area contributed by atoms with Crippen molar-refractivity contribution in [1.29, 1.82) is 0 Å². The third kappa shape index (κ3) is 3.20. The van der Waals surface area contributed by atoms with E-state index in [2.05, 4.69) is 6.92 Å². The Balaban J connectivity index is 2.19. The Kier molecular flexibility index (Phi) is 4.67. The Labute approximate surface area is 127 Å². The smallest absolute Gasteiger partial charge is 0.254 e. The highest BCUT2D eigenvalue weighted by molar-refractivity contribution is 14.1. The molecular weight excluding hydrogens is 355 g/mol. The Morgan fingerprint density at radius 2 is 2.26 bits per heavy atom. The van der Waals surface area contributed by atoms with Crippen molar-refractivity contribution in [2.24, 2.45) is 11.7 Å². The summed E-state index contributed by atoms with van der Waals surface area (Å²) in [6, 6.07) is 5.31. The molecule has 104 valence electrons. The first kappa shape index (κ1) is 14.6. The van der Waals surface area contributed by atoms with Crippen molar-refractivity contribution in [2.45, 2.75) is 25.8 Å². The van der Waals surface area contributed by atoms with Crippen LogP contribution in [0.15, 0.2) is 18.2 Å². The van der Waals surface area contributed by atoms with Gasteiger partial charge in [-0.1, -0.05) is 0 Å². The molecule has 1 aliphatic heterocycles. The summed E-state index contributed by atoms with van der Waals surface area (Å²) in [5.41, 5.74) is 6.26. The summed E-state index contributed by atoms with van der Waals surface area (Å²) in [7, 11) is 0. The van der Waals surface area contributed by atoms with Crippen LogP contribution in [-0.2, 0) is 0 Å². The van der Waals surface area contributed by atoms with Gasteiger partial charge in [0.15, 0.2) is 0 Å². The zero-order chi connectivity index (χ0) is 14.0. The number of nitrogens with zero attached hydrogens (tertiary/aromatic N) is 1. The van der Waals surface area contributed by atoms with Gasteiger partial charge in [0, 0.05) is 18.2 Å². The van der Waals surface area contributed by atoms with Crippen LogP contribution in [0.3, 0.4) is 0 Å². The summed E-state index contributed by atoms with van der Waals surface area (Å²) in [5.74, 6) is 0.529. The SMILES string of the molecule is CC1CCC(CN)CN1C(=O)c1ccc(I)c(O)c1. The molecule has 1 aromatic rings. The van der Waals surface area contributed by atoms with Gasteiger partial charge >= 0.3 is 0 Å². The maximum absolute atomic E-state index is 12.5. The van der Waals surface area contributed by atoms with E-state index in [0.29, 0.717) is 24.6 Å². The molecule has 2 unspecified atom stereocenters. The zero-order valence-electron chi connectivity index (χ0n) is 11.0. The lowest BCUT2D eigenvalue weighted by molar-refractivity contribution is 0.0566. The Morgan fingerprint density at radius 3 is 2.89 bits per heavy atom. The molecule has 0 aliphatic carbocycles. The Morgan fingerprint density at radius 1 is 1.53 bits per heavy atom. The topological polar surface area (TPSA) is 66.6 Å². The lowest BCUT2D eigenvalue weighted by atomic mass is 9.93. The maximum atomic E-state index is 12.5. The van der Waals surface area contributed by atoms with Gasteiger partial charge in [-0.2, -0.15) is 0 Å². The van der Waals surface area contributed by atoms with Gasteiger partial charge in [-0.3, -0.25) is 4.79 Å². The van der Waals surface area contributed by atoms with Crippen LogP contribution < -0.4 is 5.73 Å². The summed E-state index contributed by atoms with van der Waals surface area (Å²) in [4.78, 5) is 14.4. The zero-order valence-corrected chi connectivity index (χ0v) is 13.1. The highest BCUT2D eigenvalue weighted by Gasteiger charge is 2.29. The second kappa shape index (κ2) is 6.09. The van der Waals surface area contributed by atoms with Crippen LogP contribution in [0.5, 0.6) is 5.75 Å². The number of piperidine rings is 1. The van der Waals surface area contributed by atoms with Gasteiger partial charge in [-0.25, -0.2) is 0 Å². The number of carbonyl (C=O) groups is 1. The van der Waals surface area contributed by atoms with Crippen LogP contribution in [0.1, 0.15) is 30.1 Å². The molecule has 4 nitrogen and oxygen atoms in total. The number of phenols is 1. The van der Waals surface area contributed by atoms with E-state index in [1.165, 1.54) is 0 Å². The molecule has 0 spiro atoms. The molecule has 1 saturated heterocycles. The van der Waals surface area contributed by atoms with Crippen molar-refractivity contribution in [3.8, 4) is 5.75 Å². The van der Waals surface area contributed by atoms with Crippen molar-refractivity contribution in [2.75, 3.05) is 13.1 Å². The summed E-state index contributed by atoms with van der Waals surface area (Å²) in [6.07, 6.45) is 2.07. The lowest BCUT2D eigenvalue weighted by Gasteiger charge is -2.37. The van der Waals surface area contributed by atoms with E-state index in [9.17, 15) is 9.90 Å². The van der Waals surface area contributed by atoms with Gasteiger partial charge in [0.25, 0.3) is 5.91 Å². The maximum Gasteiger partial charge on any atom is 0.254 e. The Bertz CT molecular complexity index is 479. The highest BCUT2D eigenvalue weighted by Crippen LogP contribution is 2.25. The van der Waals surface area contributed by atoms with Gasteiger partial charge in [0.05, 0.1) is 3.57 Å². The second-order valence-corrected chi connectivity index (χ2v) is 6.31. The lowest BCUT2D eigenvalue weighted by Crippen LogP contribution is -2.47. The molecule has 0 bridgehead atoms. The predicted molar refractivity (Wildman–Crippen MR) is 83.1 cm³/mol. The van der Waals surface area contributed by atoms with E-state index in [4.69, 9.17) is 5.73 Å². The average Bonchev–Trinajstić information content (AvgIpc) is 2.41. The van der Waals surface area contributed by atoms with Crippen molar-refractivity contribution in [3.63, 3.8) is 0 Å². The summed E-state index contributed by atoms with van der Waals surface area (Å²) < 4.78 is 0.751. The fraction of sp³-hybridized carbons (Fsp3) is 0.500. The average molecular weight is 374 g/mol. The van der Waals surface area contributed by atoms with Crippen LogP contribution in [0, 0.1) is 9.49 Å². The van der Waals surface area contributed by atoms with Crippen molar-refractivity contribution in [1.82, 2.24) is 4.90 Å². The number of phenolic OH excluding ortho intramolecular Hbond substituents is 1. The van der Waals surface area contributed by atoms with E-state index < -0.39 is 0 Å². The molecule has 0 aromatic heterocycles. The number of amides is 1. The first-order valence-corrected chi connectivity index (χ1v) is 7.60. The number of hydrogen-bond acceptors (Lipinski definition) is 3. The molecule has 5 heteroatoms. The largest absolute Gasteiger partial charge is 0.507 e. The molecule has 19 heavy (non-hydrogen) atoms. The number of halogens is 1. The summed E-state index contributed by atoms with van der Waals surface area (Å²) in [6.45, 7) is 3.40. The Hall–Kier alpha value is -0.820. The van der Waals surface area contributed by atoms with Crippen LogP contribution in [0.4, 0.5) is 0 Å². The third-order valence-electron chi connectivity index (χ3n) is 3.77. The van der Waals surface area contributed by atoms with Gasteiger partial charge < -0.3 is 15.7 Å². The van der Waals surface area contributed by atoms with Crippen molar-refractivity contribution < 1.29 is 9.90 Å². The van der Waals surface area contributed by atoms with E-state index >= 15 is 0 Å².